The number of rotatable bonds is 3. The highest BCUT2D eigenvalue weighted by molar-refractivity contribution is 4.83. The van der Waals surface area contributed by atoms with E-state index in [0.29, 0.717) is 0 Å². The van der Waals surface area contributed by atoms with Crippen molar-refractivity contribution in [2.24, 2.45) is 5.92 Å². The predicted molar refractivity (Wildman–Crippen MR) is 60.5 cm³/mol. The maximum Gasteiger partial charge on any atom is 0.0195 e. The van der Waals surface area contributed by atoms with E-state index in [4.69, 9.17) is 0 Å². The molecule has 2 fully saturated rings. The Morgan fingerprint density at radius 1 is 1.29 bits per heavy atom. The van der Waals surface area contributed by atoms with Gasteiger partial charge in [0, 0.05) is 18.6 Å². The first-order chi connectivity index (χ1) is 6.75. The van der Waals surface area contributed by atoms with Crippen molar-refractivity contribution in [1.82, 2.24) is 10.2 Å². The van der Waals surface area contributed by atoms with Crippen LogP contribution in [0.15, 0.2) is 0 Å². The van der Waals surface area contributed by atoms with Crippen LogP contribution in [0.5, 0.6) is 0 Å². The number of likely N-dealkylation sites (N-methyl/N-ethyl adjacent to an activating group) is 1. The van der Waals surface area contributed by atoms with Crippen molar-refractivity contribution in [3.63, 3.8) is 0 Å². The Hall–Kier alpha value is -0.0800. The zero-order valence-electron chi connectivity index (χ0n) is 9.63. The van der Waals surface area contributed by atoms with Crippen molar-refractivity contribution in [3.8, 4) is 0 Å². The fraction of sp³-hybridized carbons (Fsp3) is 1.00. The SMILES string of the molecule is CC1CCC(N(C)C[C@@H]2CCCN2)C1. The highest BCUT2D eigenvalue weighted by Gasteiger charge is 2.26. The van der Waals surface area contributed by atoms with Gasteiger partial charge in [0.15, 0.2) is 0 Å². The maximum absolute atomic E-state index is 3.58. The molecular formula is C12H24N2. The van der Waals surface area contributed by atoms with E-state index in [1.165, 1.54) is 45.2 Å². The number of nitrogens with zero attached hydrogens (tertiary/aromatic N) is 1. The van der Waals surface area contributed by atoms with E-state index in [1.807, 2.05) is 0 Å². The van der Waals surface area contributed by atoms with Crippen molar-refractivity contribution >= 4 is 0 Å². The van der Waals surface area contributed by atoms with Gasteiger partial charge in [-0.05, 0) is 51.6 Å². The molecule has 1 N–H and O–H groups in total. The third-order valence-corrected chi connectivity index (χ3v) is 3.96. The molecule has 0 bridgehead atoms. The van der Waals surface area contributed by atoms with Crippen LogP contribution in [0.25, 0.3) is 0 Å². The fourth-order valence-electron chi connectivity index (χ4n) is 2.99. The van der Waals surface area contributed by atoms with E-state index in [1.54, 1.807) is 0 Å². The lowest BCUT2D eigenvalue weighted by Gasteiger charge is -2.27. The molecule has 0 aromatic rings. The summed E-state index contributed by atoms with van der Waals surface area (Å²) < 4.78 is 0. The summed E-state index contributed by atoms with van der Waals surface area (Å²) in [6.45, 7) is 4.89. The van der Waals surface area contributed by atoms with Gasteiger partial charge < -0.3 is 10.2 Å². The van der Waals surface area contributed by atoms with Gasteiger partial charge in [-0.15, -0.1) is 0 Å². The average molecular weight is 196 g/mol. The Balaban J connectivity index is 1.74. The van der Waals surface area contributed by atoms with Crippen LogP contribution in [0.1, 0.15) is 39.0 Å². The van der Waals surface area contributed by atoms with E-state index >= 15 is 0 Å². The molecule has 0 aromatic heterocycles. The molecule has 0 spiro atoms. The van der Waals surface area contributed by atoms with Crippen LogP contribution < -0.4 is 5.32 Å². The molecule has 1 heterocycles. The molecule has 14 heavy (non-hydrogen) atoms. The number of nitrogens with one attached hydrogen (secondary N) is 1. The van der Waals surface area contributed by atoms with Crippen LogP contribution >= 0.6 is 0 Å². The normalized spacial score (nSPS) is 38.4. The van der Waals surface area contributed by atoms with Gasteiger partial charge in [-0.3, -0.25) is 0 Å². The lowest BCUT2D eigenvalue weighted by atomic mass is 10.1. The molecule has 82 valence electrons. The van der Waals surface area contributed by atoms with Gasteiger partial charge in [0.05, 0.1) is 0 Å². The minimum Gasteiger partial charge on any atom is -0.313 e. The van der Waals surface area contributed by atoms with Gasteiger partial charge in [0.2, 0.25) is 0 Å². The van der Waals surface area contributed by atoms with E-state index in [0.717, 1.165) is 18.0 Å². The predicted octanol–water partition coefficient (Wildman–Crippen LogP) is 1.86. The molecule has 1 aliphatic heterocycles. The molecule has 2 rings (SSSR count). The van der Waals surface area contributed by atoms with Gasteiger partial charge >= 0.3 is 0 Å². The monoisotopic (exact) mass is 196 g/mol. The molecule has 2 aliphatic rings. The Morgan fingerprint density at radius 2 is 2.14 bits per heavy atom. The topological polar surface area (TPSA) is 15.3 Å². The van der Waals surface area contributed by atoms with E-state index in [2.05, 4.69) is 24.2 Å². The zero-order valence-corrected chi connectivity index (χ0v) is 9.63. The molecular weight excluding hydrogens is 172 g/mol. The number of hydrogen-bond donors (Lipinski definition) is 1. The van der Waals surface area contributed by atoms with Gasteiger partial charge in [0.25, 0.3) is 0 Å². The van der Waals surface area contributed by atoms with E-state index in [-0.39, 0.29) is 0 Å². The molecule has 0 amide bonds. The second-order valence-corrected chi connectivity index (χ2v) is 5.30. The first-order valence-corrected chi connectivity index (χ1v) is 6.19. The summed E-state index contributed by atoms with van der Waals surface area (Å²) >= 11 is 0. The Morgan fingerprint density at radius 3 is 2.71 bits per heavy atom. The van der Waals surface area contributed by atoms with Crippen LogP contribution in [0.4, 0.5) is 0 Å². The van der Waals surface area contributed by atoms with Gasteiger partial charge in [-0.25, -0.2) is 0 Å². The lowest BCUT2D eigenvalue weighted by molar-refractivity contribution is 0.221. The summed E-state index contributed by atoms with van der Waals surface area (Å²) in [5.41, 5.74) is 0. The summed E-state index contributed by atoms with van der Waals surface area (Å²) in [5.74, 6) is 0.957. The Kier molecular flexibility index (Phi) is 3.45. The first-order valence-electron chi connectivity index (χ1n) is 6.19. The third kappa shape index (κ3) is 2.48. The summed E-state index contributed by atoms with van der Waals surface area (Å²) in [6.07, 6.45) is 7.03. The molecule has 0 aromatic carbocycles. The molecule has 2 unspecified atom stereocenters. The fourth-order valence-corrected chi connectivity index (χ4v) is 2.99. The third-order valence-electron chi connectivity index (χ3n) is 3.96. The Bertz CT molecular complexity index is 175. The summed E-state index contributed by atoms with van der Waals surface area (Å²) in [7, 11) is 2.31. The van der Waals surface area contributed by atoms with Crippen LogP contribution in [-0.2, 0) is 0 Å². The molecule has 2 heteroatoms. The van der Waals surface area contributed by atoms with Crippen molar-refractivity contribution < 1.29 is 0 Å². The van der Waals surface area contributed by atoms with Gasteiger partial charge in [-0.2, -0.15) is 0 Å². The van der Waals surface area contributed by atoms with Crippen LogP contribution in [0.3, 0.4) is 0 Å². The van der Waals surface area contributed by atoms with Gasteiger partial charge in [-0.1, -0.05) is 6.92 Å². The average Bonchev–Trinajstić information content (AvgIpc) is 2.75. The van der Waals surface area contributed by atoms with Crippen molar-refractivity contribution in [1.29, 1.82) is 0 Å². The van der Waals surface area contributed by atoms with E-state index in [9.17, 15) is 0 Å². The smallest absolute Gasteiger partial charge is 0.0195 e. The highest BCUT2D eigenvalue weighted by Crippen LogP contribution is 2.28. The van der Waals surface area contributed by atoms with Crippen LogP contribution in [-0.4, -0.2) is 37.1 Å². The second kappa shape index (κ2) is 4.63. The second-order valence-electron chi connectivity index (χ2n) is 5.30. The minimum atomic E-state index is 0.774. The maximum atomic E-state index is 3.58. The molecule has 1 aliphatic carbocycles. The zero-order chi connectivity index (χ0) is 9.97. The largest absolute Gasteiger partial charge is 0.313 e. The summed E-state index contributed by atoms with van der Waals surface area (Å²) in [5, 5.41) is 3.58. The first kappa shape index (κ1) is 10.4. The molecule has 3 atom stereocenters. The van der Waals surface area contributed by atoms with Gasteiger partial charge in [0.1, 0.15) is 0 Å². The lowest BCUT2D eigenvalue weighted by Crippen LogP contribution is -2.40. The minimum absolute atomic E-state index is 0.774. The summed E-state index contributed by atoms with van der Waals surface area (Å²) in [6, 6.07) is 1.64. The van der Waals surface area contributed by atoms with Crippen LogP contribution in [0, 0.1) is 5.92 Å². The van der Waals surface area contributed by atoms with Crippen molar-refractivity contribution in [2.75, 3.05) is 20.1 Å². The molecule has 1 saturated carbocycles. The molecule has 2 nitrogen and oxygen atoms in total. The summed E-state index contributed by atoms with van der Waals surface area (Å²) in [4.78, 5) is 2.59. The standard InChI is InChI=1S/C12H24N2/c1-10-5-6-12(8-10)14(2)9-11-4-3-7-13-11/h10-13H,3-9H2,1-2H3/t10?,11-,12?/m0/s1. The van der Waals surface area contributed by atoms with Crippen molar-refractivity contribution in [3.05, 3.63) is 0 Å². The quantitative estimate of drug-likeness (QED) is 0.741. The van der Waals surface area contributed by atoms with Crippen molar-refractivity contribution in [2.45, 2.75) is 51.1 Å². The highest BCUT2D eigenvalue weighted by atomic mass is 15.2. The molecule has 0 radical (unpaired) electrons. The molecule has 1 saturated heterocycles. The van der Waals surface area contributed by atoms with Crippen LogP contribution in [0.2, 0.25) is 0 Å². The number of hydrogen-bond acceptors (Lipinski definition) is 2. The Labute approximate surface area is 88.1 Å². The van der Waals surface area contributed by atoms with E-state index < -0.39 is 0 Å².